The first kappa shape index (κ1) is 22.0. The number of carbonyl (C=O) groups excluding carboxylic acids is 1. The molecule has 34 heavy (non-hydrogen) atoms. The minimum Gasteiger partial charge on any atom is -0.489 e. The van der Waals surface area contributed by atoms with Gasteiger partial charge in [-0.25, -0.2) is 4.98 Å². The SMILES string of the molecule is O=C1N(c2cc3c4nc(nc3cn2)OCCOc2c(cccc2C(F)(F)F)CN4)CCC1(F)F. The number of carbonyl (C=O) groups is 1. The zero-order valence-corrected chi connectivity index (χ0v) is 17.3. The topological polar surface area (TPSA) is 89.5 Å². The molecule has 0 atom stereocenters. The lowest BCUT2D eigenvalue weighted by Crippen LogP contribution is -2.33. The number of nitrogens with one attached hydrogen (secondary N) is 1. The molecule has 2 bridgehead atoms. The van der Waals surface area contributed by atoms with Crippen LogP contribution < -0.4 is 19.7 Å². The Kier molecular flexibility index (Phi) is 5.14. The number of nitrogens with zero attached hydrogens (tertiary/aromatic N) is 4. The number of aromatic nitrogens is 3. The maximum atomic E-state index is 13.7. The summed E-state index contributed by atoms with van der Waals surface area (Å²) in [6, 6.07) is 4.99. The zero-order chi connectivity index (χ0) is 24.1. The summed E-state index contributed by atoms with van der Waals surface area (Å²) in [5.41, 5.74) is -0.401. The number of anilines is 2. The van der Waals surface area contributed by atoms with E-state index in [-0.39, 0.29) is 55.3 Å². The van der Waals surface area contributed by atoms with Crippen molar-refractivity contribution in [2.24, 2.45) is 0 Å². The van der Waals surface area contributed by atoms with Crippen LogP contribution >= 0.6 is 0 Å². The second-order valence-electron chi connectivity index (χ2n) is 7.67. The summed E-state index contributed by atoms with van der Waals surface area (Å²) in [5.74, 6) is -4.99. The van der Waals surface area contributed by atoms with E-state index in [1.54, 1.807) is 0 Å². The molecule has 1 aromatic carbocycles. The molecule has 0 aliphatic carbocycles. The lowest BCUT2D eigenvalue weighted by molar-refractivity contribution is -0.139. The summed E-state index contributed by atoms with van der Waals surface area (Å²) >= 11 is 0. The number of halogens is 5. The normalized spacial score (nSPS) is 17.9. The molecule has 0 radical (unpaired) electrons. The van der Waals surface area contributed by atoms with Crippen molar-refractivity contribution >= 4 is 28.4 Å². The lowest BCUT2D eigenvalue weighted by atomic mass is 10.1. The Morgan fingerprint density at radius 3 is 2.65 bits per heavy atom. The van der Waals surface area contributed by atoms with Gasteiger partial charge < -0.3 is 14.8 Å². The van der Waals surface area contributed by atoms with Gasteiger partial charge in [0.2, 0.25) is 0 Å². The molecule has 178 valence electrons. The van der Waals surface area contributed by atoms with Gasteiger partial charge in [-0.15, -0.1) is 0 Å². The molecule has 4 heterocycles. The fraction of sp³-hybridized carbons (Fsp3) is 0.333. The molecule has 13 heteroatoms. The van der Waals surface area contributed by atoms with Crippen molar-refractivity contribution in [3.05, 3.63) is 41.6 Å². The van der Waals surface area contributed by atoms with Gasteiger partial charge in [0.05, 0.1) is 17.3 Å². The third-order valence-electron chi connectivity index (χ3n) is 5.44. The van der Waals surface area contributed by atoms with E-state index in [4.69, 9.17) is 9.47 Å². The molecule has 8 nitrogen and oxygen atoms in total. The average molecular weight is 481 g/mol. The summed E-state index contributed by atoms with van der Waals surface area (Å²) in [6.07, 6.45) is -3.96. The Morgan fingerprint density at radius 2 is 1.91 bits per heavy atom. The minimum atomic E-state index is -4.62. The second kappa shape index (κ2) is 7.92. The first-order valence-electron chi connectivity index (χ1n) is 10.2. The highest BCUT2D eigenvalue weighted by Crippen LogP contribution is 2.39. The quantitative estimate of drug-likeness (QED) is 0.529. The van der Waals surface area contributed by atoms with Crippen molar-refractivity contribution in [3.63, 3.8) is 0 Å². The number of alkyl halides is 5. The Morgan fingerprint density at radius 1 is 1.12 bits per heavy atom. The number of amides is 1. The van der Waals surface area contributed by atoms with E-state index in [2.05, 4.69) is 20.3 Å². The number of benzene rings is 1. The van der Waals surface area contributed by atoms with Crippen molar-refractivity contribution in [1.29, 1.82) is 0 Å². The summed E-state index contributed by atoms with van der Waals surface area (Å²) in [7, 11) is 0. The van der Waals surface area contributed by atoms with Crippen LogP contribution in [0.3, 0.4) is 0 Å². The number of pyridine rings is 1. The predicted octanol–water partition coefficient (Wildman–Crippen LogP) is 3.80. The zero-order valence-electron chi connectivity index (χ0n) is 17.3. The van der Waals surface area contributed by atoms with Gasteiger partial charge in [-0.2, -0.15) is 31.9 Å². The van der Waals surface area contributed by atoms with Gasteiger partial charge in [0, 0.05) is 30.5 Å². The molecule has 2 aromatic heterocycles. The largest absolute Gasteiger partial charge is 0.489 e. The first-order valence-corrected chi connectivity index (χ1v) is 10.2. The number of hydrogen-bond donors (Lipinski definition) is 1. The van der Waals surface area contributed by atoms with Gasteiger partial charge >= 0.3 is 18.1 Å². The van der Waals surface area contributed by atoms with E-state index in [1.807, 2.05) is 0 Å². The highest BCUT2D eigenvalue weighted by atomic mass is 19.4. The van der Waals surface area contributed by atoms with E-state index in [0.29, 0.717) is 10.9 Å². The number of rotatable bonds is 1. The van der Waals surface area contributed by atoms with Crippen LogP contribution in [-0.2, 0) is 17.5 Å². The summed E-state index contributed by atoms with van der Waals surface area (Å²) in [4.78, 5) is 25.4. The Balaban J connectivity index is 1.55. The van der Waals surface area contributed by atoms with Crippen molar-refractivity contribution < 1.29 is 36.2 Å². The molecule has 1 amide bonds. The van der Waals surface area contributed by atoms with Gasteiger partial charge in [0.25, 0.3) is 5.91 Å². The van der Waals surface area contributed by atoms with E-state index in [1.165, 1.54) is 24.4 Å². The summed E-state index contributed by atoms with van der Waals surface area (Å²) < 4.78 is 78.7. The molecular formula is C21H16F5N5O3. The number of ether oxygens (including phenoxy) is 2. The molecule has 1 fully saturated rings. The standard InChI is InChI=1S/C21H16F5N5O3/c22-20(23)4-5-31(18(20)32)15-8-12-14(10-27-15)29-19-30-17(12)28-9-11-2-1-3-13(21(24,25)26)16(11)33-6-7-34-19/h1-3,8,10H,4-7,9H2,(H,28,29,30). The van der Waals surface area contributed by atoms with Gasteiger partial charge in [-0.05, 0) is 12.1 Å². The highest BCUT2D eigenvalue weighted by molar-refractivity contribution is 6.01. The van der Waals surface area contributed by atoms with E-state index >= 15 is 0 Å². The molecule has 0 saturated carbocycles. The fourth-order valence-electron chi connectivity index (χ4n) is 3.80. The van der Waals surface area contributed by atoms with Gasteiger partial charge in [0.15, 0.2) is 0 Å². The van der Waals surface area contributed by atoms with Crippen molar-refractivity contribution in [2.75, 3.05) is 30.0 Å². The molecule has 3 aromatic rings. The van der Waals surface area contributed by atoms with Crippen LogP contribution in [0.25, 0.3) is 10.9 Å². The number of para-hydroxylation sites is 1. The smallest absolute Gasteiger partial charge is 0.419 e. The lowest BCUT2D eigenvalue weighted by Gasteiger charge is -2.18. The van der Waals surface area contributed by atoms with E-state index in [0.717, 1.165) is 11.0 Å². The van der Waals surface area contributed by atoms with Crippen molar-refractivity contribution in [2.45, 2.75) is 25.1 Å². The van der Waals surface area contributed by atoms with Crippen molar-refractivity contribution in [1.82, 2.24) is 15.0 Å². The summed E-state index contributed by atoms with van der Waals surface area (Å²) in [6.45, 7) is -0.609. The maximum absolute atomic E-state index is 13.7. The highest BCUT2D eigenvalue weighted by Gasteiger charge is 2.49. The average Bonchev–Trinajstić information content (AvgIpc) is 3.04. The van der Waals surface area contributed by atoms with Crippen LogP contribution in [0.5, 0.6) is 11.8 Å². The molecule has 2 aliphatic rings. The van der Waals surface area contributed by atoms with Gasteiger partial charge in [0.1, 0.15) is 30.6 Å². The van der Waals surface area contributed by atoms with Crippen LogP contribution in [0.15, 0.2) is 30.5 Å². The van der Waals surface area contributed by atoms with E-state index < -0.39 is 30.0 Å². The molecule has 0 spiro atoms. The van der Waals surface area contributed by atoms with Gasteiger partial charge in [-0.1, -0.05) is 12.1 Å². The molecule has 1 saturated heterocycles. The van der Waals surface area contributed by atoms with Crippen LogP contribution in [0.1, 0.15) is 17.5 Å². The Hall–Kier alpha value is -3.77. The Labute approximate surface area is 188 Å². The fourth-order valence-corrected chi connectivity index (χ4v) is 3.80. The number of fused-ring (bicyclic) bond motifs is 5. The molecule has 5 rings (SSSR count). The van der Waals surface area contributed by atoms with Crippen molar-refractivity contribution in [3.8, 4) is 11.8 Å². The Bertz CT molecular complexity index is 1280. The third-order valence-corrected chi connectivity index (χ3v) is 5.44. The molecular weight excluding hydrogens is 465 g/mol. The first-order chi connectivity index (χ1) is 16.1. The third kappa shape index (κ3) is 3.90. The van der Waals surface area contributed by atoms with Crippen LogP contribution in [0.2, 0.25) is 0 Å². The minimum absolute atomic E-state index is 0.0117. The number of hydrogen-bond acceptors (Lipinski definition) is 7. The predicted molar refractivity (Wildman–Crippen MR) is 109 cm³/mol. The van der Waals surface area contributed by atoms with Crippen LogP contribution in [-0.4, -0.2) is 46.5 Å². The molecule has 0 unspecified atom stereocenters. The van der Waals surface area contributed by atoms with Crippen LogP contribution in [0.4, 0.5) is 33.6 Å². The van der Waals surface area contributed by atoms with E-state index in [9.17, 15) is 26.7 Å². The second-order valence-corrected chi connectivity index (χ2v) is 7.67. The summed E-state index contributed by atoms with van der Waals surface area (Å²) in [5, 5.41) is 3.28. The van der Waals surface area contributed by atoms with Crippen LogP contribution in [0, 0.1) is 0 Å². The molecule has 2 aliphatic heterocycles. The maximum Gasteiger partial charge on any atom is 0.419 e. The molecule has 1 N–H and O–H groups in total. The monoisotopic (exact) mass is 481 g/mol. The van der Waals surface area contributed by atoms with Gasteiger partial charge in [-0.3, -0.25) is 9.69 Å².